The van der Waals surface area contributed by atoms with E-state index < -0.39 is 5.54 Å². The van der Waals surface area contributed by atoms with Crippen LogP contribution in [0.1, 0.15) is 26.7 Å². The molecule has 0 aromatic heterocycles. The van der Waals surface area contributed by atoms with Gasteiger partial charge in [-0.3, -0.25) is 10.1 Å². The van der Waals surface area contributed by atoms with E-state index in [1.807, 2.05) is 38.1 Å². The minimum Gasteiger partial charge on any atom is -0.497 e. The normalized spacial score (nSPS) is 17.1. The van der Waals surface area contributed by atoms with Crippen LogP contribution in [0.5, 0.6) is 5.75 Å². The van der Waals surface area contributed by atoms with Crippen LogP contribution < -0.4 is 10.1 Å². The maximum atomic E-state index is 12.2. The van der Waals surface area contributed by atoms with Gasteiger partial charge in [0, 0.05) is 16.7 Å². The van der Waals surface area contributed by atoms with Gasteiger partial charge < -0.3 is 9.47 Å². The predicted molar refractivity (Wildman–Crippen MR) is 84.9 cm³/mol. The Hall–Kier alpha value is -1.20. The Morgan fingerprint density at radius 2 is 2.24 bits per heavy atom. The van der Waals surface area contributed by atoms with Gasteiger partial charge in [0.05, 0.1) is 13.7 Å². The van der Waals surface area contributed by atoms with Gasteiger partial charge in [-0.25, -0.2) is 0 Å². The summed E-state index contributed by atoms with van der Waals surface area (Å²) in [5, 5.41) is 3.42. The van der Waals surface area contributed by atoms with E-state index in [4.69, 9.17) is 9.47 Å². The van der Waals surface area contributed by atoms with Crippen LogP contribution in [0.4, 0.5) is 0 Å². The first kappa shape index (κ1) is 16.2. The molecule has 1 aliphatic rings. The Labute approximate surface area is 130 Å². The third kappa shape index (κ3) is 4.64. The molecule has 116 valence electrons. The number of benzene rings is 1. The van der Waals surface area contributed by atoms with Crippen LogP contribution in [0, 0.1) is 0 Å². The van der Waals surface area contributed by atoms with Gasteiger partial charge in [-0.2, -0.15) is 0 Å². The summed E-state index contributed by atoms with van der Waals surface area (Å²) in [6.45, 7) is 4.17. The van der Waals surface area contributed by atoms with E-state index in [0.717, 1.165) is 23.5 Å². The maximum absolute atomic E-state index is 12.2. The fraction of sp³-hybridized carbons (Fsp3) is 0.562. The summed E-state index contributed by atoms with van der Waals surface area (Å²) in [4.78, 5) is 13.3. The van der Waals surface area contributed by atoms with E-state index in [2.05, 4.69) is 5.32 Å². The van der Waals surface area contributed by atoms with E-state index in [1.165, 1.54) is 0 Å². The minimum atomic E-state index is -0.648. The van der Waals surface area contributed by atoms with Crippen molar-refractivity contribution in [3.05, 3.63) is 24.3 Å². The molecule has 0 spiro atoms. The maximum Gasteiger partial charge on any atom is 0.326 e. The lowest BCUT2D eigenvalue weighted by atomic mass is 10.1. The Bertz CT molecular complexity index is 490. The first-order valence-corrected chi connectivity index (χ1v) is 8.27. The highest BCUT2D eigenvalue weighted by molar-refractivity contribution is 7.99. The van der Waals surface area contributed by atoms with Crippen LogP contribution in [-0.4, -0.2) is 37.0 Å². The number of carbonyl (C=O) groups excluding carboxylic acids is 1. The van der Waals surface area contributed by atoms with Crippen molar-refractivity contribution in [2.75, 3.05) is 19.5 Å². The molecule has 1 atom stereocenters. The number of ether oxygens (including phenoxy) is 2. The summed E-state index contributed by atoms with van der Waals surface area (Å²) in [6, 6.07) is 8.32. The molecule has 0 saturated heterocycles. The smallest absolute Gasteiger partial charge is 0.326 e. The highest BCUT2D eigenvalue weighted by Gasteiger charge is 2.39. The summed E-state index contributed by atoms with van der Waals surface area (Å²) in [6.07, 6.45) is 2.28. The Balaban J connectivity index is 2.01. The molecule has 1 aliphatic carbocycles. The summed E-state index contributed by atoms with van der Waals surface area (Å²) in [7, 11) is 1.65. The number of hydrogen-bond donors (Lipinski definition) is 1. The van der Waals surface area contributed by atoms with E-state index in [1.54, 1.807) is 18.9 Å². The standard InChI is InChI=1S/C16H23NO3S/c1-4-20-15(18)16(2,17-12-8-9-12)11-21-14-7-5-6-13(10-14)19-3/h5-7,10,12,17H,4,8-9,11H2,1-3H3. The number of hydrogen-bond acceptors (Lipinski definition) is 5. The van der Waals surface area contributed by atoms with E-state index >= 15 is 0 Å². The zero-order valence-electron chi connectivity index (χ0n) is 12.8. The number of thioether (sulfide) groups is 1. The van der Waals surface area contributed by atoms with Crippen LogP contribution in [-0.2, 0) is 9.53 Å². The fourth-order valence-corrected chi connectivity index (χ4v) is 3.08. The Kier molecular flexibility index (Phi) is 5.53. The molecular formula is C16H23NO3S. The number of nitrogens with one attached hydrogen (secondary N) is 1. The molecule has 0 aliphatic heterocycles. The SMILES string of the molecule is CCOC(=O)C(C)(CSc1cccc(OC)c1)NC1CC1. The second-order valence-corrected chi connectivity index (χ2v) is 6.49. The Morgan fingerprint density at radius 1 is 1.48 bits per heavy atom. The van der Waals surface area contributed by atoms with Crippen molar-refractivity contribution >= 4 is 17.7 Å². The van der Waals surface area contributed by atoms with Gasteiger partial charge in [0.1, 0.15) is 11.3 Å². The number of esters is 1. The van der Waals surface area contributed by atoms with E-state index in [0.29, 0.717) is 18.4 Å². The Morgan fingerprint density at radius 3 is 2.86 bits per heavy atom. The topological polar surface area (TPSA) is 47.6 Å². The van der Waals surface area contributed by atoms with E-state index in [-0.39, 0.29) is 5.97 Å². The molecule has 1 aromatic rings. The van der Waals surface area contributed by atoms with Crippen LogP contribution >= 0.6 is 11.8 Å². The van der Waals surface area contributed by atoms with Crippen molar-refractivity contribution < 1.29 is 14.3 Å². The first-order valence-electron chi connectivity index (χ1n) is 7.29. The average Bonchev–Trinajstić information content (AvgIpc) is 3.29. The van der Waals surface area contributed by atoms with Crippen molar-refractivity contribution in [3.8, 4) is 5.75 Å². The third-order valence-electron chi connectivity index (χ3n) is 3.39. The molecule has 2 rings (SSSR count). The molecule has 1 N–H and O–H groups in total. The van der Waals surface area contributed by atoms with Crippen molar-refractivity contribution in [1.82, 2.24) is 5.32 Å². The van der Waals surface area contributed by atoms with Crippen LogP contribution in [0.25, 0.3) is 0 Å². The lowest BCUT2D eigenvalue weighted by Crippen LogP contribution is -2.53. The van der Waals surface area contributed by atoms with Gasteiger partial charge in [0.15, 0.2) is 0 Å². The van der Waals surface area contributed by atoms with Gasteiger partial charge in [0.25, 0.3) is 0 Å². The molecule has 1 saturated carbocycles. The molecule has 4 nitrogen and oxygen atoms in total. The largest absolute Gasteiger partial charge is 0.497 e. The average molecular weight is 309 g/mol. The molecular weight excluding hydrogens is 286 g/mol. The fourth-order valence-electron chi connectivity index (χ4n) is 2.05. The second kappa shape index (κ2) is 7.18. The molecule has 21 heavy (non-hydrogen) atoms. The molecule has 0 amide bonds. The monoisotopic (exact) mass is 309 g/mol. The number of rotatable bonds is 8. The van der Waals surface area contributed by atoms with Crippen molar-refractivity contribution in [2.45, 2.75) is 43.2 Å². The van der Waals surface area contributed by atoms with Crippen LogP contribution in [0.2, 0.25) is 0 Å². The zero-order chi connectivity index (χ0) is 15.3. The number of methoxy groups -OCH3 is 1. The van der Waals surface area contributed by atoms with E-state index in [9.17, 15) is 4.79 Å². The molecule has 5 heteroatoms. The van der Waals surface area contributed by atoms with Gasteiger partial charge in [-0.15, -0.1) is 11.8 Å². The predicted octanol–water partition coefficient (Wildman–Crippen LogP) is 2.86. The molecule has 1 fully saturated rings. The highest BCUT2D eigenvalue weighted by Crippen LogP contribution is 2.29. The molecule has 0 radical (unpaired) electrons. The van der Waals surface area contributed by atoms with Gasteiger partial charge >= 0.3 is 5.97 Å². The molecule has 0 heterocycles. The van der Waals surface area contributed by atoms with Crippen LogP contribution in [0.3, 0.4) is 0 Å². The summed E-state index contributed by atoms with van der Waals surface area (Å²) in [5.74, 6) is 1.29. The summed E-state index contributed by atoms with van der Waals surface area (Å²) >= 11 is 1.64. The summed E-state index contributed by atoms with van der Waals surface area (Å²) in [5.41, 5.74) is -0.648. The first-order chi connectivity index (χ1) is 10.1. The van der Waals surface area contributed by atoms with Crippen molar-refractivity contribution in [3.63, 3.8) is 0 Å². The van der Waals surface area contributed by atoms with Crippen molar-refractivity contribution in [1.29, 1.82) is 0 Å². The lowest BCUT2D eigenvalue weighted by Gasteiger charge is -2.28. The minimum absolute atomic E-state index is 0.174. The molecule has 1 aromatic carbocycles. The van der Waals surface area contributed by atoms with Crippen LogP contribution in [0.15, 0.2) is 29.2 Å². The third-order valence-corrected chi connectivity index (χ3v) is 4.70. The lowest BCUT2D eigenvalue weighted by molar-refractivity contribution is -0.149. The number of carbonyl (C=O) groups is 1. The molecule has 0 bridgehead atoms. The van der Waals surface area contributed by atoms with Gasteiger partial charge in [-0.1, -0.05) is 6.07 Å². The summed E-state index contributed by atoms with van der Waals surface area (Å²) < 4.78 is 10.5. The van der Waals surface area contributed by atoms with Gasteiger partial charge in [0.2, 0.25) is 0 Å². The second-order valence-electron chi connectivity index (χ2n) is 5.44. The molecule has 1 unspecified atom stereocenters. The quantitative estimate of drug-likeness (QED) is 0.591. The highest BCUT2D eigenvalue weighted by atomic mass is 32.2. The van der Waals surface area contributed by atoms with Gasteiger partial charge in [-0.05, 0) is 44.9 Å². The van der Waals surface area contributed by atoms with Crippen molar-refractivity contribution in [2.24, 2.45) is 0 Å². The zero-order valence-corrected chi connectivity index (χ0v) is 13.7.